The summed E-state index contributed by atoms with van der Waals surface area (Å²) in [5.74, 6) is -3.14. The first-order valence-electron chi connectivity index (χ1n) is 6.76. The van der Waals surface area contributed by atoms with Gasteiger partial charge in [0.2, 0.25) is 17.3 Å². The first-order valence-corrected chi connectivity index (χ1v) is 6.76. The number of carbonyl (C=O) groups excluding carboxylic acids is 2. The molecule has 0 saturated carbocycles. The molecule has 0 spiro atoms. The van der Waals surface area contributed by atoms with Gasteiger partial charge in [-0.3, -0.25) is 4.79 Å². The van der Waals surface area contributed by atoms with E-state index in [0.29, 0.717) is 0 Å². The Kier molecular flexibility index (Phi) is 6.30. The predicted molar refractivity (Wildman–Crippen MR) is 70.3 cm³/mol. The van der Waals surface area contributed by atoms with E-state index in [0.717, 1.165) is 0 Å². The normalized spacial score (nSPS) is 24.0. The second-order valence-corrected chi connectivity index (χ2v) is 4.41. The lowest BCUT2D eigenvalue weighted by Gasteiger charge is -2.32. The lowest BCUT2D eigenvalue weighted by Crippen LogP contribution is -2.58. The van der Waals surface area contributed by atoms with E-state index in [9.17, 15) is 24.9 Å². The summed E-state index contributed by atoms with van der Waals surface area (Å²) in [5.41, 5.74) is -2.46. The van der Waals surface area contributed by atoms with E-state index in [1.807, 2.05) is 0 Å². The Bertz CT molecular complexity index is 458. The van der Waals surface area contributed by atoms with Crippen LogP contribution in [0.4, 0.5) is 0 Å². The minimum atomic E-state index is -2.46. The fraction of sp³-hybridized carbons (Fsp3) is 0.692. The van der Waals surface area contributed by atoms with Crippen molar-refractivity contribution in [2.24, 2.45) is 0 Å². The summed E-state index contributed by atoms with van der Waals surface area (Å²) in [5, 5.41) is 37.7. The van der Waals surface area contributed by atoms with E-state index in [-0.39, 0.29) is 13.2 Å². The van der Waals surface area contributed by atoms with Crippen molar-refractivity contribution in [2.75, 3.05) is 26.4 Å². The highest BCUT2D eigenvalue weighted by Crippen LogP contribution is 2.39. The topological polar surface area (TPSA) is 143 Å². The largest absolute Gasteiger partial charge is 0.490 e. The Morgan fingerprint density at radius 1 is 1.18 bits per heavy atom. The first-order chi connectivity index (χ1) is 10.4. The van der Waals surface area contributed by atoms with E-state index < -0.39 is 54.3 Å². The molecule has 1 unspecified atom stereocenters. The Hall–Kier alpha value is -1.68. The lowest BCUT2D eigenvalue weighted by atomic mass is 9.87. The fourth-order valence-electron chi connectivity index (χ4n) is 2.09. The highest BCUT2D eigenvalue weighted by atomic mass is 16.6. The number of hydrogen-bond donors (Lipinski definition) is 4. The highest BCUT2D eigenvalue weighted by Gasteiger charge is 2.62. The van der Waals surface area contributed by atoms with Gasteiger partial charge in [-0.25, -0.2) is 4.79 Å². The van der Waals surface area contributed by atoms with E-state index in [2.05, 4.69) is 0 Å². The predicted octanol–water partition coefficient (Wildman–Crippen LogP) is -2.16. The number of Topliss-reactive ketones (excluding diaryl/α,β-unsaturated/α-hetero) is 1. The van der Waals surface area contributed by atoms with Crippen molar-refractivity contribution < 1.29 is 44.2 Å². The van der Waals surface area contributed by atoms with Crippen molar-refractivity contribution in [1.82, 2.24) is 0 Å². The van der Waals surface area contributed by atoms with Crippen LogP contribution in [0.5, 0.6) is 0 Å². The standard InChI is InChI=1S/C13H20O9/c1-3-20-9-11(21-4-2)13(8(17)6-15,22-12(9)19)10(18)7(16)5-14/h7-8,14-17H,3-6H2,1-2H3/t7?,8-,13-/m0/s1. The van der Waals surface area contributed by atoms with Crippen LogP contribution < -0.4 is 0 Å². The van der Waals surface area contributed by atoms with Crippen LogP contribution >= 0.6 is 0 Å². The van der Waals surface area contributed by atoms with Gasteiger partial charge in [-0.1, -0.05) is 0 Å². The summed E-state index contributed by atoms with van der Waals surface area (Å²) >= 11 is 0. The van der Waals surface area contributed by atoms with Crippen LogP contribution in [-0.2, 0) is 23.8 Å². The van der Waals surface area contributed by atoms with Crippen molar-refractivity contribution in [3.8, 4) is 0 Å². The lowest BCUT2D eigenvalue weighted by molar-refractivity contribution is -0.179. The van der Waals surface area contributed by atoms with Crippen LogP contribution in [-0.4, -0.2) is 76.4 Å². The molecule has 0 aromatic rings. The molecule has 1 aliphatic heterocycles. The van der Waals surface area contributed by atoms with Crippen molar-refractivity contribution in [1.29, 1.82) is 0 Å². The fourth-order valence-corrected chi connectivity index (χ4v) is 2.09. The van der Waals surface area contributed by atoms with Crippen molar-refractivity contribution in [3.05, 3.63) is 11.5 Å². The molecule has 4 N–H and O–H groups in total. The van der Waals surface area contributed by atoms with E-state index >= 15 is 0 Å². The minimum absolute atomic E-state index is 0.00491. The zero-order valence-corrected chi connectivity index (χ0v) is 12.3. The molecule has 3 atom stereocenters. The van der Waals surface area contributed by atoms with E-state index in [1.54, 1.807) is 13.8 Å². The number of ether oxygens (including phenoxy) is 3. The molecule has 0 aliphatic carbocycles. The quantitative estimate of drug-likeness (QED) is 0.349. The van der Waals surface area contributed by atoms with Crippen LogP contribution in [0.2, 0.25) is 0 Å². The summed E-state index contributed by atoms with van der Waals surface area (Å²) in [6, 6.07) is 0. The molecule has 1 rings (SSSR count). The van der Waals surface area contributed by atoms with Gasteiger partial charge < -0.3 is 34.6 Å². The number of hydrogen-bond acceptors (Lipinski definition) is 9. The van der Waals surface area contributed by atoms with Gasteiger partial charge in [0.25, 0.3) is 5.60 Å². The zero-order valence-electron chi connectivity index (χ0n) is 12.3. The SMILES string of the molecule is CCOC1=C(OCC)[C@@](C(=O)C(O)CO)([C@@H](O)CO)OC1=O. The van der Waals surface area contributed by atoms with Gasteiger partial charge in [-0.15, -0.1) is 0 Å². The third kappa shape index (κ3) is 2.93. The Morgan fingerprint density at radius 2 is 1.77 bits per heavy atom. The summed E-state index contributed by atoms with van der Waals surface area (Å²) < 4.78 is 15.2. The number of aliphatic hydroxyl groups is 4. The molecule has 0 fully saturated rings. The molecule has 0 saturated heterocycles. The highest BCUT2D eigenvalue weighted by molar-refractivity contribution is 6.03. The number of cyclic esters (lactones) is 1. The van der Waals surface area contributed by atoms with E-state index in [4.69, 9.17) is 19.3 Å². The number of carbonyl (C=O) groups is 2. The molecular formula is C13H20O9. The van der Waals surface area contributed by atoms with Crippen LogP contribution in [0.25, 0.3) is 0 Å². The van der Waals surface area contributed by atoms with Crippen molar-refractivity contribution in [3.63, 3.8) is 0 Å². The third-order valence-corrected chi connectivity index (χ3v) is 3.04. The monoisotopic (exact) mass is 320 g/mol. The number of rotatable bonds is 9. The van der Waals surface area contributed by atoms with Crippen LogP contribution in [0.3, 0.4) is 0 Å². The summed E-state index contributed by atoms with van der Waals surface area (Å²) in [6.45, 7) is 1.29. The molecule has 9 heteroatoms. The van der Waals surface area contributed by atoms with Gasteiger partial charge in [0.15, 0.2) is 0 Å². The van der Waals surface area contributed by atoms with Gasteiger partial charge in [-0.2, -0.15) is 0 Å². The summed E-state index contributed by atoms with van der Waals surface area (Å²) in [6.07, 6.45) is -3.84. The Morgan fingerprint density at radius 3 is 2.23 bits per heavy atom. The molecule has 0 bridgehead atoms. The third-order valence-electron chi connectivity index (χ3n) is 3.04. The second-order valence-electron chi connectivity index (χ2n) is 4.41. The number of esters is 1. The molecular weight excluding hydrogens is 300 g/mol. The summed E-state index contributed by atoms with van der Waals surface area (Å²) in [4.78, 5) is 24.3. The molecule has 0 aromatic heterocycles. The van der Waals surface area contributed by atoms with Crippen molar-refractivity contribution >= 4 is 11.8 Å². The Labute approximate surface area is 126 Å². The number of ketones is 1. The summed E-state index contributed by atoms with van der Waals surface area (Å²) in [7, 11) is 0. The van der Waals surface area contributed by atoms with Crippen LogP contribution in [0, 0.1) is 0 Å². The van der Waals surface area contributed by atoms with Crippen LogP contribution in [0.15, 0.2) is 11.5 Å². The first kappa shape index (κ1) is 18.4. The molecule has 0 amide bonds. The zero-order chi connectivity index (χ0) is 16.9. The van der Waals surface area contributed by atoms with Gasteiger partial charge in [-0.05, 0) is 13.8 Å². The molecule has 1 aliphatic rings. The average Bonchev–Trinajstić information content (AvgIpc) is 2.79. The van der Waals surface area contributed by atoms with E-state index in [1.165, 1.54) is 0 Å². The smallest absolute Gasteiger partial charge is 0.378 e. The van der Waals surface area contributed by atoms with Crippen LogP contribution in [0.1, 0.15) is 13.8 Å². The maximum absolute atomic E-state index is 12.4. The van der Waals surface area contributed by atoms with Gasteiger partial charge in [0, 0.05) is 0 Å². The molecule has 22 heavy (non-hydrogen) atoms. The number of aliphatic hydroxyl groups excluding tert-OH is 4. The van der Waals surface area contributed by atoms with Gasteiger partial charge >= 0.3 is 5.97 Å². The molecule has 0 aromatic carbocycles. The maximum Gasteiger partial charge on any atom is 0.378 e. The maximum atomic E-state index is 12.4. The Balaban J connectivity index is 3.48. The molecule has 1 heterocycles. The molecule has 0 radical (unpaired) electrons. The van der Waals surface area contributed by atoms with Gasteiger partial charge in [0.1, 0.15) is 12.2 Å². The molecule has 126 valence electrons. The van der Waals surface area contributed by atoms with Gasteiger partial charge in [0.05, 0.1) is 26.4 Å². The average molecular weight is 320 g/mol. The minimum Gasteiger partial charge on any atom is -0.490 e. The second kappa shape index (κ2) is 7.54. The van der Waals surface area contributed by atoms with Crippen molar-refractivity contribution in [2.45, 2.75) is 31.7 Å². The molecule has 9 nitrogen and oxygen atoms in total.